The Kier molecular flexibility index (Phi) is 7.18. The van der Waals surface area contributed by atoms with E-state index in [0.717, 1.165) is 24.5 Å². The Morgan fingerprint density at radius 1 is 1.10 bits per heavy atom. The summed E-state index contributed by atoms with van der Waals surface area (Å²) in [7, 11) is -3.39. The van der Waals surface area contributed by atoms with Crippen LogP contribution in [0.3, 0.4) is 0 Å². The lowest BCUT2D eigenvalue weighted by molar-refractivity contribution is -0.00521. The van der Waals surface area contributed by atoms with Crippen LogP contribution in [0.5, 0.6) is 0 Å². The first-order chi connectivity index (χ1) is 14.4. The molecule has 2 N–H and O–H groups in total. The standard InChI is InChI=1S/C22H36N4O4S/c1-16-14-26(15-17(2)30-16)20-8-6-7-19(13-20)23-21(27)25-11-9-18(10-12-25)24-31(28,29)22(3,4)5/h6-8,13,16-18,24H,9-12,14-15H2,1-5H3,(H,23,27). The van der Waals surface area contributed by atoms with Crippen molar-refractivity contribution >= 4 is 27.4 Å². The summed E-state index contributed by atoms with van der Waals surface area (Å²) < 4.78 is 32.5. The molecule has 2 saturated heterocycles. The highest BCUT2D eigenvalue weighted by atomic mass is 32.2. The van der Waals surface area contributed by atoms with Crippen LogP contribution in [-0.4, -0.2) is 68.5 Å². The van der Waals surface area contributed by atoms with Gasteiger partial charge in [-0.25, -0.2) is 17.9 Å². The second-order valence-electron chi connectivity index (χ2n) is 9.64. The van der Waals surface area contributed by atoms with Crippen molar-refractivity contribution in [2.75, 3.05) is 36.4 Å². The third-order valence-electron chi connectivity index (χ3n) is 5.79. The van der Waals surface area contributed by atoms with Crippen LogP contribution in [0.1, 0.15) is 47.5 Å². The Labute approximate surface area is 186 Å². The summed E-state index contributed by atoms with van der Waals surface area (Å²) in [5.41, 5.74) is 1.82. The number of hydrogen-bond acceptors (Lipinski definition) is 5. The molecule has 3 rings (SSSR count). The largest absolute Gasteiger partial charge is 0.372 e. The van der Waals surface area contributed by atoms with Crippen molar-refractivity contribution in [3.63, 3.8) is 0 Å². The normalized spacial score (nSPS) is 23.6. The zero-order valence-corrected chi connectivity index (χ0v) is 20.0. The number of nitrogens with zero attached hydrogens (tertiary/aromatic N) is 2. The summed E-state index contributed by atoms with van der Waals surface area (Å²) >= 11 is 0. The number of amides is 2. The van der Waals surface area contributed by atoms with E-state index in [-0.39, 0.29) is 24.3 Å². The molecule has 8 nitrogen and oxygen atoms in total. The fraction of sp³-hybridized carbons (Fsp3) is 0.682. The van der Waals surface area contributed by atoms with Gasteiger partial charge in [0.2, 0.25) is 10.0 Å². The van der Waals surface area contributed by atoms with Crippen LogP contribution in [0.25, 0.3) is 0 Å². The monoisotopic (exact) mass is 452 g/mol. The highest BCUT2D eigenvalue weighted by molar-refractivity contribution is 7.90. The minimum absolute atomic E-state index is 0.137. The van der Waals surface area contributed by atoms with Gasteiger partial charge in [0.15, 0.2) is 0 Å². The van der Waals surface area contributed by atoms with E-state index in [2.05, 4.69) is 28.8 Å². The third-order valence-corrected chi connectivity index (χ3v) is 8.05. The van der Waals surface area contributed by atoms with Crippen LogP contribution < -0.4 is 14.9 Å². The number of carbonyl (C=O) groups excluding carboxylic acids is 1. The van der Waals surface area contributed by atoms with Gasteiger partial charge in [0.1, 0.15) is 0 Å². The molecule has 1 aromatic carbocycles. The zero-order valence-electron chi connectivity index (χ0n) is 19.2. The maximum atomic E-state index is 12.8. The zero-order chi connectivity index (χ0) is 22.8. The van der Waals surface area contributed by atoms with Crippen molar-refractivity contribution in [2.45, 2.75) is 70.5 Å². The van der Waals surface area contributed by atoms with Crippen molar-refractivity contribution in [3.8, 4) is 0 Å². The molecule has 0 radical (unpaired) electrons. The first-order valence-corrected chi connectivity index (χ1v) is 12.5. The number of carbonyl (C=O) groups is 1. The van der Waals surface area contributed by atoms with Crippen LogP contribution in [0.4, 0.5) is 16.2 Å². The highest BCUT2D eigenvalue weighted by Crippen LogP contribution is 2.24. The van der Waals surface area contributed by atoms with E-state index < -0.39 is 14.8 Å². The van der Waals surface area contributed by atoms with Crippen molar-refractivity contribution in [1.82, 2.24) is 9.62 Å². The second kappa shape index (κ2) is 9.34. The van der Waals surface area contributed by atoms with Gasteiger partial charge in [-0.15, -0.1) is 0 Å². The quantitative estimate of drug-likeness (QED) is 0.733. The fourth-order valence-corrected chi connectivity index (χ4v) is 5.00. The van der Waals surface area contributed by atoms with Gasteiger partial charge in [-0.3, -0.25) is 0 Å². The number of likely N-dealkylation sites (tertiary alicyclic amines) is 1. The first-order valence-electron chi connectivity index (χ1n) is 11.0. The number of sulfonamides is 1. The number of urea groups is 1. The molecule has 9 heteroatoms. The summed E-state index contributed by atoms with van der Waals surface area (Å²) in [4.78, 5) is 16.8. The minimum Gasteiger partial charge on any atom is -0.372 e. The Balaban J connectivity index is 1.55. The van der Waals surface area contributed by atoms with Crippen LogP contribution in [0.2, 0.25) is 0 Å². The summed E-state index contributed by atoms with van der Waals surface area (Å²) in [6.45, 7) is 11.9. The molecule has 2 aliphatic rings. The highest BCUT2D eigenvalue weighted by Gasteiger charge is 2.33. The van der Waals surface area contributed by atoms with E-state index in [1.54, 1.807) is 25.7 Å². The molecule has 2 heterocycles. The summed E-state index contributed by atoms with van der Waals surface area (Å²) in [6, 6.07) is 7.59. The molecule has 174 valence electrons. The van der Waals surface area contributed by atoms with Gasteiger partial charge in [0.25, 0.3) is 0 Å². The fourth-order valence-electron chi connectivity index (χ4n) is 3.97. The molecule has 2 unspecified atom stereocenters. The van der Waals surface area contributed by atoms with Crippen LogP contribution in [0.15, 0.2) is 24.3 Å². The van der Waals surface area contributed by atoms with E-state index in [9.17, 15) is 13.2 Å². The summed E-state index contributed by atoms with van der Waals surface area (Å²) in [6.07, 6.45) is 1.54. The van der Waals surface area contributed by atoms with E-state index in [4.69, 9.17) is 4.74 Å². The molecule has 31 heavy (non-hydrogen) atoms. The molecule has 2 aliphatic heterocycles. The molecule has 0 saturated carbocycles. The Morgan fingerprint density at radius 2 is 1.71 bits per heavy atom. The second-order valence-corrected chi connectivity index (χ2v) is 12.1. The predicted molar refractivity (Wildman–Crippen MR) is 124 cm³/mol. The van der Waals surface area contributed by atoms with Crippen molar-refractivity contribution in [3.05, 3.63) is 24.3 Å². The molecule has 0 aromatic heterocycles. The van der Waals surface area contributed by atoms with Gasteiger partial charge in [0.05, 0.1) is 17.0 Å². The molecule has 0 aliphatic carbocycles. The Bertz CT molecular complexity index is 866. The maximum Gasteiger partial charge on any atom is 0.321 e. The molecule has 1 aromatic rings. The number of morpholine rings is 1. The number of ether oxygens (including phenoxy) is 1. The Morgan fingerprint density at radius 3 is 2.29 bits per heavy atom. The van der Waals surface area contributed by atoms with Crippen LogP contribution in [0, 0.1) is 0 Å². The van der Waals surface area contributed by atoms with Crippen LogP contribution >= 0.6 is 0 Å². The molecule has 0 bridgehead atoms. The van der Waals surface area contributed by atoms with E-state index in [0.29, 0.717) is 25.9 Å². The summed E-state index contributed by atoms with van der Waals surface area (Å²) in [5, 5.41) is 2.99. The average Bonchev–Trinajstić information content (AvgIpc) is 2.67. The number of anilines is 2. The number of piperidine rings is 1. The lowest BCUT2D eigenvalue weighted by Crippen LogP contribution is -2.50. The van der Waals surface area contributed by atoms with Gasteiger partial charge in [0, 0.05) is 43.6 Å². The lowest BCUT2D eigenvalue weighted by Gasteiger charge is -2.37. The number of hydrogen-bond donors (Lipinski definition) is 2. The van der Waals surface area contributed by atoms with Gasteiger partial charge in [-0.05, 0) is 65.7 Å². The van der Waals surface area contributed by atoms with E-state index >= 15 is 0 Å². The molecule has 2 amide bonds. The topological polar surface area (TPSA) is 91.0 Å². The van der Waals surface area contributed by atoms with Crippen molar-refractivity contribution < 1.29 is 17.9 Å². The van der Waals surface area contributed by atoms with Gasteiger partial charge in [-0.1, -0.05) is 6.07 Å². The van der Waals surface area contributed by atoms with Crippen LogP contribution in [-0.2, 0) is 14.8 Å². The van der Waals surface area contributed by atoms with E-state index in [1.165, 1.54) is 0 Å². The SMILES string of the molecule is CC1CN(c2cccc(NC(=O)N3CCC(NS(=O)(=O)C(C)(C)C)CC3)c2)CC(C)O1. The number of benzene rings is 1. The minimum atomic E-state index is -3.39. The van der Waals surface area contributed by atoms with Gasteiger partial charge < -0.3 is 19.9 Å². The molecule has 2 atom stereocenters. The smallest absolute Gasteiger partial charge is 0.321 e. The maximum absolute atomic E-state index is 12.8. The Hall–Kier alpha value is -1.84. The molecular weight excluding hydrogens is 416 g/mol. The molecule has 0 spiro atoms. The predicted octanol–water partition coefficient (Wildman–Crippen LogP) is 3.01. The number of rotatable bonds is 4. The van der Waals surface area contributed by atoms with Crippen molar-refractivity contribution in [1.29, 1.82) is 0 Å². The lowest BCUT2D eigenvalue weighted by atomic mass is 10.1. The average molecular weight is 453 g/mol. The third kappa shape index (κ3) is 6.11. The summed E-state index contributed by atoms with van der Waals surface area (Å²) in [5.74, 6) is 0. The van der Waals surface area contributed by atoms with Gasteiger partial charge >= 0.3 is 6.03 Å². The van der Waals surface area contributed by atoms with E-state index in [1.807, 2.05) is 24.3 Å². The molecule has 2 fully saturated rings. The van der Waals surface area contributed by atoms with Crippen molar-refractivity contribution in [2.24, 2.45) is 0 Å². The molecular formula is C22H36N4O4S. The number of nitrogens with one attached hydrogen (secondary N) is 2. The van der Waals surface area contributed by atoms with Gasteiger partial charge in [-0.2, -0.15) is 0 Å². The first kappa shape index (κ1) is 23.8.